The molecule has 1 amide bonds. The van der Waals surface area contributed by atoms with Crippen molar-refractivity contribution in [1.29, 1.82) is 0 Å². The average Bonchev–Trinajstić information content (AvgIpc) is 3.41. The van der Waals surface area contributed by atoms with Gasteiger partial charge in [0.25, 0.3) is 0 Å². The maximum absolute atomic E-state index is 12.8. The summed E-state index contributed by atoms with van der Waals surface area (Å²) in [6.07, 6.45) is -0.698. The zero-order chi connectivity index (χ0) is 31.9. The third-order valence-electron chi connectivity index (χ3n) is 8.10. The van der Waals surface area contributed by atoms with Crippen molar-refractivity contribution in [2.75, 3.05) is 11.9 Å². The maximum atomic E-state index is 12.8. The van der Waals surface area contributed by atoms with Gasteiger partial charge in [-0.3, -0.25) is 0 Å². The number of aliphatic imine (C=N–C) groups is 1. The molecule has 230 valence electrons. The summed E-state index contributed by atoms with van der Waals surface area (Å²) in [5.41, 5.74) is 14.2. The molecule has 0 heterocycles. The number of aliphatic carboxylic acids is 1. The van der Waals surface area contributed by atoms with Crippen LogP contribution in [0.2, 0.25) is 0 Å². The Bertz CT molecular complexity index is 1760. The van der Waals surface area contributed by atoms with Crippen LogP contribution in [0.25, 0.3) is 11.1 Å². The largest absolute Gasteiger partial charge is 0.480 e. The molecule has 0 aromatic heterocycles. The molecule has 0 bridgehead atoms. The van der Waals surface area contributed by atoms with Crippen molar-refractivity contribution >= 4 is 23.7 Å². The first-order valence-corrected chi connectivity index (χ1v) is 15.1. The van der Waals surface area contributed by atoms with Crippen LogP contribution in [0.15, 0.2) is 138 Å². The highest BCUT2D eigenvalue weighted by molar-refractivity contribution is 5.92. The Morgan fingerprint density at radius 3 is 1.80 bits per heavy atom. The number of carbonyl (C=O) groups is 2. The summed E-state index contributed by atoms with van der Waals surface area (Å²) in [5.74, 6) is -1.03. The van der Waals surface area contributed by atoms with E-state index in [1.807, 2.05) is 97.1 Å². The van der Waals surface area contributed by atoms with Gasteiger partial charge in [-0.2, -0.15) is 0 Å². The lowest BCUT2D eigenvalue weighted by molar-refractivity contribution is -0.139. The molecule has 1 atom stereocenters. The van der Waals surface area contributed by atoms with Crippen molar-refractivity contribution in [3.63, 3.8) is 0 Å². The highest BCUT2D eigenvalue weighted by atomic mass is 16.5. The van der Waals surface area contributed by atoms with E-state index >= 15 is 0 Å². The van der Waals surface area contributed by atoms with E-state index in [0.717, 1.165) is 38.9 Å². The van der Waals surface area contributed by atoms with Gasteiger partial charge >= 0.3 is 12.1 Å². The van der Waals surface area contributed by atoms with E-state index in [1.54, 1.807) is 24.3 Å². The van der Waals surface area contributed by atoms with Gasteiger partial charge in [-0.05, 0) is 51.1 Å². The fourth-order valence-electron chi connectivity index (χ4n) is 5.87. The quantitative estimate of drug-likeness (QED) is 0.103. The Morgan fingerprint density at radius 1 is 0.739 bits per heavy atom. The lowest BCUT2D eigenvalue weighted by Crippen LogP contribution is -2.42. The smallest absolute Gasteiger partial charge is 0.407 e. The molecular weight excluding hydrogens is 576 g/mol. The Labute approximate surface area is 267 Å². The predicted octanol–water partition coefficient (Wildman–Crippen LogP) is 6.74. The molecule has 0 saturated heterocycles. The molecule has 0 fully saturated rings. The summed E-state index contributed by atoms with van der Waals surface area (Å²) >= 11 is 0. The second kappa shape index (κ2) is 13.8. The SMILES string of the molecule is N/C(=N\C(c1ccccc1)c1ccccc1)Nc1ccc(C[C@H](NC(=O)OCC2c3ccccc3-c3ccccc32)C(=O)O)cc1. The molecule has 0 radical (unpaired) electrons. The van der Waals surface area contributed by atoms with Gasteiger partial charge < -0.3 is 26.2 Å². The second-order valence-corrected chi connectivity index (χ2v) is 11.1. The van der Waals surface area contributed by atoms with Gasteiger partial charge in [0, 0.05) is 18.0 Å². The molecule has 0 unspecified atom stereocenters. The first-order chi connectivity index (χ1) is 22.5. The summed E-state index contributed by atoms with van der Waals surface area (Å²) in [6, 6.07) is 41.6. The van der Waals surface area contributed by atoms with Crippen molar-refractivity contribution in [1.82, 2.24) is 5.32 Å². The Hall–Kier alpha value is -5.89. The molecule has 6 rings (SSSR count). The van der Waals surface area contributed by atoms with E-state index in [2.05, 4.69) is 22.8 Å². The summed E-state index contributed by atoms with van der Waals surface area (Å²) in [4.78, 5) is 29.6. The van der Waals surface area contributed by atoms with Gasteiger partial charge in [0.1, 0.15) is 18.7 Å². The third-order valence-corrected chi connectivity index (χ3v) is 8.10. The number of guanidine groups is 1. The number of carboxylic acids is 1. The number of amides is 1. The molecule has 5 aromatic rings. The number of nitrogens with two attached hydrogens (primary N) is 1. The van der Waals surface area contributed by atoms with Crippen LogP contribution >= 0.6 is 0 Å². The minimum absolute atomic E-state index is 0.0769. The maximum Gasteiger partial charge on any atom is 0.407 e. The van der Waals surface area contributed by atoms with Gasteiger partial charge in [0.2, 0.25) is 0 Å². The zero-order valence-electron chi connectivity index (χ0n) is 25.0. The lowest BCUT2D eigenvalue weighted by Gasteiger charge is -2.18. The van der Waals surface area contributed by atoms with Crippen molar-refractivity contribution < 1.29 is 19.4 Å². The molecule has 0 saturated carbocycles. The van der Waals surface area contributed by atoms with Crippen molar-refractivity contribution in [3.8, 4) is 11.1 Å². The molecule has 5 N–H and O–H groups in total. The van der Waals surface area contributed by atoms with Crippen LogP contribution in [0.4, 0.5) is 10.5 Å². The van der Waals surface area contributed by atoms with Crippen LogP contribution < -0.4 is 16.4 Å². The van der Waals surface area contributed by atoms with E-state index < -0.39 is 18.1 Å². The normalized spacial score (nSPS) is 13.0. The molecule has 5 aromatic carbocycles. The van der Waals surface area contributed by atoms with Gasteiger partial charge in [-0.15, -0.1) is 0 Å². The van der Waals surface area contributed by atoms with E-state index in [1.165, 1.54) is 0 Å². The van der Waals surface area contributed by atoms with Gasteiger partial charge in [0.05, 0.1) is 0 Å². The standard InChI is InChI=1S/C38H34N4O4/c39-37(42-35(26-11-3-1-4-12-26)27-13-5-2-6-14-27)40-28-21-19-25(20-22-28)23-34(36(43)44)41-38(45)46-24-33-31-17-9-7-15-29(31)30-16-8-10-18-32(30)33/h1-22,33-35H,23-24H2,(H,41,45)(H,43,44)(H3,39,40,42)/t34-/m0/s1. The summed E-state index contributed by atoms with van der Waals surface area (Å²) < 4.78 is 5.57. The molecule has 1 aliphatic carbocycles. The van der Waals surface area contributed by atoms with Crippen LogP contribution in [0.3, 0.4) is 0 Å². The first kappa shape index (κ1) is 30.1. The van der Waals surface area contributed by atoms with E-state index in [4.69, 9.17) is 15.5 Å². The van der Waals surface area contributed by atoms with Gasteiger partial charge in [-0.25, -0.2) is 14.6 Å². The predicted molar refractivity (Wildman–Crippen MR) is 180 cm³/mol. The van der Waals surface area contributed by atoms with E-state index in [0.29, 0.717) is 5.69 Å². The van der Waals surface area contributed by atoms with Crippen LogP contribution in [-0.4, -0.2) is 35.8 Å². The number of nitrogens with zero attached hydrogens (tertiary/aromatic N) is 1. The highest BCUT2D eigenvalue weighted by Crippen LogP contribution is 2.44. The second-order valence-electron chi connectivity index (χ2n) is 11.1. The van der Waals surface area contributed by atoms with Crippen LogP contribution in [0.1, 0.15) is 39.8 Å². The van der Waals surface area contributed by atoms with Crippen LogP contribution in [-0.2, 0) is 16.0 Å². The molecule has 46 heavy (non-hydrogen) atoms. The number of carbonyl (C=O) groups excluding carboxylic acids is 1. The van der Waals surface area contributed by atoms with Gasteiger partial charge in [-0.1, -0.05) is 121 Å². The van der Waals surface area contributed by atoms with Crippen molar-refractivity contribution in [2.45, 2.75) is 24.4 Å². The number of rotatable bonds is 10. The number of anilines is 1. The minimum atomic E-state index is -1.17. The highest BCUT2D eigenvalue weighted by Gasteiger charge is 2.30. The van der Waals surface area contributed by atoms with Crippen molar-refractivity contribution in [3.05, 3.63) is 161 Å². The molecule has 8 nitrogen and oxygen atoms in total. The molecule has 0 spiro atoms. The summed E-state index contributed by atoms with van der Waals surface area (Å²) in [7, 11) is 0. The number of hydrogen-bond acceptors (Lipinski definition) is 4. The summed E-state index contributed by atoms with van der Waals surface area (Å²) in [6.45, 7) is 0.102. The van der Waals surface area contributed by atoms with Gasteiger partial charge in [0.15, 0.2) is 5.96 Å². The number of alkyl carbamates (subject to hydrolysis) is 1. The average molecular weight is 611 g/mol. The van der Waals surface area contributed by atoms with E-state index in [9.17, 15) is 14.7 Å². The topological polar surface area (TPSA) is 126 Å². The number of benzene rings is 5. The first-order valence-electron chi connectivity index (χ1n) is 15.1. The summed E-state index contributed by atoms with van der Waals surface area (Å²) in [5, 5.41) is 15.5. The minimum Gasteiger partial charge on any atom is -0.480 e. The Morgan fingerprint density at radius 2 is 1.26 bits per heavy atom. The number of carboxylic acid groups (broad SMARTS) is 1. The number of hydrogen-bond donors (Lipinski definition) is 4. The lowest BCUT2D eigenvalue weighted by atomic mass is 9.98. The molecule has 8 heteroatoms. The number of ether oxygens (including phenoxy) is 1. The molecule has 1 aliphatic rings. The van der Waals surface area contributed by atoms with Crippen LogP contribution in [0, 0.1) is 0 Å². The number of fused-ring (bicyclic) bond motifs is 3. The van der Waals surface area contributed by atoms with E-state index in [-0.39, 0.29) is 30.9 Å². The number of nitrogens with one attached hydrogen (secondary N) is 2. The fraction of sp³-hybridized carbons (Fsp3) is 0.132. The fourth-order valence-corrected chi connectivity index (χ4v) is 5.87. The molecular formula is C38H34N4O4. The Kier molecular flexibility index (Phi) is 9.06. The molecule has 0 aliphatic heterocycles. The Balaban J connectivity index is 1.07. The zero-order valence-corrected chi connectivity index (χ0v) is 25.0. The monoisotopic (exact) mass is 610 g/mol. The van der Waals surface area contributed by atoms with Crippen molar-refractivity contribution in [2.24, 2.45) is 10.7 Å². The third kappa shape index (κ3) is 6.92. The van der Waals surface area contributed by atoms with Crippen LogP contribution in [0.5, 0.6) is 0 Å².